The monoisotopic (exact) mass is 465 g/mol. The Hall–Kier alpha value is -2.14. The Morgan fingerprint density at radius 3 is 2.62 bits per heavy atom. The quantitative estimate of drug-likeness (QED) is 0.587. The Morgan fingerprint density at radius 2 is 1.91 bits per heavy atom. The van der Waals surface area contributed by atoms with Crippen LogP contribution in [0.1, 0.15) is 70.9 Å². The van der Waals surface area contributed by atoms with Gasteiger partial charge in [0.05, 0.1) is 18.4 Å². The van der Waals surface area contributed by atoms with E-state index < -0.39 is 11.0 Å². The number of methoxy groups -OCH3 is 1. The van der Waals surface area contributed by atoms with Gasteiger partial charge in [0.15, 0.2) is 0 Å². The zero-order chi connectivity index (χ0) is 24.3. The topological polar surface area (TPSA) is 55.8 Å². The van der Waals surface area contributed by atoms with Crippen molar-refractivity contribution in [2.24, 2.45) is 23.2 Å². The molecule has 0 N–H and O–H groups in total. The SMILES string of the molecule is COC(=O)C1(C2CC2C(=O)OC(C)(C)C)CCC(N2CC[C@@]3(C=Cc4ccccc43)[C@@H](C)C2)C1. The van der Waals surface area contributed by atoms with Crippen LogP contribution in [-0.4, -0.2) is 48.7 Å². The van der Waals surface area contributed by atoms with Crippen molar-refractivity contribution in [2.75, 3.05) is 20.2 Å². The fourth-order valence-electron chi connectivity index (χ4n) is 7.24. The minimum atomic E-state index is -0.556. The second-order valence-corrected chi connectivity index (χ2v) is 12.1. The van der Waals surface area contributed by atoms with Crippen molar-refractivity contribution in [3.63, 3.8) is 0 Å². The van der Waals surface area contributed by atoms with E-state index >= 15 is 0 Å². The molecule has 4 unspecified atom stereocenters. The number of likely N-dealkylation sites (tertiary alicyclic amines) is 1. The zero-order valence-corrected chi connectivity index (χ0v) is 21.3. The minimum absolute atomic E-state index is 0.0398. The number of piperidine rings is 1. The van der Waals surface area contributed by atoms with Gasteiger partial charge < -0.3 is 9.47 Å². The third-order valence-electron chi connectivity index (χ3n) is 9.06. The number of benzene rings is 1. The minimum Gasteiger partial charge on any atom is -0.469 e. The molecule has 1 aromatic rings. The van der Waals surface area contributed by atoms with Gasteiger partial charge in [0.1, 0.15) is 5.60 Å². The standard InChI is InChI=1S/C29H39NO4/c1-19-18-30(15-14-28(19)12-10-20-8-6-7-9-23(20)28)21-11-13-29(17-21,26(32)33-5)24-16-22(24)25(31)34-27(2,3)4/h6-10,12,19,21-22,24H,11,13-18H2,1-5H3/t19-,21?,22?,24?,28-,29?/m0/s1. The Labute approximate surface area is 203 Å². The molecule has 2 saturated carbocycles. The summed E-state index contributed by atoms with van der Waals surface area (Å²) in [5.41, 5.74) is 1.89. The summed E-state index contributed by atoms with van der Waals surface area (Å²) in [5, 5.41) is 0. The van der Waals surface area contributed by atoms with Crippen LogP contribution >= 0.6 is 0 Å². The van der Waals surface area contributed by atoms with E-state index in [2.05, 4.69) is 48.2 Å². The highest BCUT2D eigenvalue weighted by molar-refractivity contribution is 5.83. The summed E-state index contributed by atoms with van der Waals surface area (Å²) in [4.78, 5) is 28.4. The van der Waals surface area contributed by atoms with Crippen LogP contribution in [0, 0.1) is 23.2 Å². The van der Waals surface area contributed by atoms with E-state index in [0.717, 1.165) is 45.2 Å². The van der Waals surface area contributed by atoms with E-state index in [1.54, 1.807) is 0 Å². The fraction of sp³-hybridized carbons (Fsp3) is 0.655. The first-order valence-corrected chi connectivity index (χ1v) is 12.9. The molecule has 1 aromatic carbocycles. The molecule has 5 rings (SSSR count). The van der Waals surface area contributed by atoms with Gasteiger partial charge in [0, 0.05) is 18.0 Å². The largest absolute Gasteiger partial charge is 0.469 e. The van der Waals surface area contributed by atoms with Gasteiger partial charge in [-0.25, -0.2) is 0 Å². The van der Waals surface area contributed by atoms with Crippen LogP contribution in [0.15, 0.2) is 30.3 Å². The van der Waals surface area contributed by atoms with Crippen molar-refractivity contribution >= 4 is 18.0 Å². The number of hydrogen-bond acceptors (Lipinski definition) is 5. The molecule has 0 aromatic heterocycles. The first-order chi connectivity index (χ1) is 16.1. The normalized spacial score (nSPS) is 37.0. The molecule has 0 bridgehead atoms. The first-order valence-electron chi connectivity index (χ1n) is 12.9. The third-order valence-corrected chi connectivity index (χ3v) is 9.06. The number of ether oxygens (including phenoxy) is 2. The van der Waals surface area contributed by atoms with E-state index in [-0.39, 0.29) is 29.2 Å². The Morgan fingerprint density at radius 1 is 1.15 bits per heavy atom. The lowest BCUT2D eigenvalue weighted by Gasteiger charge is -2.46. The zero-order valence-electron chi connectivity index (χ0n) is 21.3. The van der Waals surface area contributed by atoms with Crippen LogP contribution in [0.5, 0.6) is 0 Å². The van der Waals surface area contributed by atoms with E-state index in [9.17, 15) is 9.59 Å². The number of carbonyl (C=O) groups excluding carboxylic acids is 2. The van der Waals surface area contributed by atoms with Crippen LogP contribution < -0.4 is 0 Å². The molecular weight excluding hydrogens is 426 g/mol. The van der Waals surface area contributed by atoms with Crippen LogP contribution in [0.4, 0.5) is 0 Å². The molecule has 1 spiro atoms. The van der Waals surface area contributed by atoms with Gasteiger partial charge in [-0.3, -0.25) is 14.5 Å². The Kier molecular flexibility index (Phi) is 5.70. The average molecular weight is 466 g/mol. The van der Waals surface area contributed by atoms with Crippen LogP contribution in [0.25, 0.3) is 6.08 Å². The number of nitrogens with zero attached hydrogens (tertiary/aromatic N) is 1. The highest BCUT2D eigenvalue weighted by Crippen LogP contribution is 2.60. The van der Waals surface area contributed by atoms with Gasteiger partial charge in [-0.15, -0.1) is 0 Å². The third kappa shape index (κ3) is 3.80. The molecule has 3 fully saturated rings. The van der Waals surface area contributed by atoms with Gasteiger partial charge in [0.25, 0.3) is 0 Å². The van der Waals surface area contributed by atoms with Crippen molar-refractivity contribution in [2.45, 2.75) is 76.9 Å². The van der Waals surface area contributed by atoms with Crippen LogP contribution in [0.2, 0.25) is 0 Å². The summed E-state index contributed by atoms with van der Waals surface area (Å²) in [6.07, 6.45) is 9.14. The van der Waals surface area contributed by atoms with Gasteiger partial charge in [-0.2, -0.15) is 0 Å². The predicted octanol–water partition coefficient (Wildman–Crippen LogP) is 4.98. The number of fused-ring (bicyclic) bond motifs is 2. The van der Waals surface area contributed by atoms with E-state index in [1.807, 2.05) is 20.8 Å². The maximum Gasteiger partial charge on any atom is 0.312 e. The second-order valence-electron chi connectivity index (χ2n) is 12.1. The molecule has 1 heterocycles. The summed E-state index contributed by atoms with van der Waals surface area (Å²) in [6, 6.07) is 9.15. The first kappa shape index (κ1) is 23.6. The summed E-state index contributed by atoms with van der Waals surface area (Å²) >= 11 is 0. The molecule has 4 aliphatic rings. The average Bonchev–Trinajstić information content (AvgIpc) is 3.35. The molecule has 6 atom stereocenters. The highest BCUT2D eigenvalue weighted by atomic mass is 16.6. The molecule has 5 heteroatoms. The van der Waals surface area contributed by atoms with Crippen molar-refractivity contribution in [3.05, 3.63) is 41.5 Å². The van der Waals surface area contributed by atoms with Crippen molar-refractivity contribution < 1.29 is 19.1 Å². The van der Waals surface area contributed by atoms with Crippen molar-refractivity contribution in [1.29, 1.82) is 0 Å². The number of carbonyl (C=O) groups is 2. The van der Waals surface area contributed by atoms with Crippen LogP contribution in [0.3, 0.4) is 0 Å². The molecule has 1 aliphatic heterocycles. The molecular formula is C29H39NO4. The lowest BCUT2D eigenvalue weighted by Crippen LogP contribution is -2.50. The van der Waals surface area contributed by atoms with Crippen LogP contribution in [-0.2, 0) is 24.5 Å². The molecule has 34 heavy (non-hydrogen) atoms. The molecule has 0 radical (unpaired) electrons. The fourth-order valence-corrected chi connectivity index (χ4v) is 7.24. The van der Waals surface area contributed by atoms with Crippen molar-refractivity contribution in [1.82, 2.24) is 4.90 Å². The highest BCUT2D eigenvalue weighted by Gasteiger charge is 2.64. The van der Waals surface area contributed by atoms with E-state index in [4.69, 9.17) is 9.47 Å². The smallest absolute Gasteiger partial charge is 0.312 e. The molecule has 1 saturated heterocycles. The van der Waals surface area contributed by atoms with Gasteiger partial charge in [-0.1, -0.05) is 43.3 Å². The van der Waals surface area contributed by atoms with Gasteiger partial charge in [0.2, 0.25) is 0 Å². The summed E-state index contributed by atoms with van der Waals surface area (Å²) in [7, 11) is 1.48. The summed E-state index contributed by atoms with van der Waals surface area (Å²) in [5.74, 6) is 0.0631. The lowest BCUT2D eigenvalue weighted by atomic mass is 9.67. The second kappa shape index (κ2) is 8.22. The maximum atomic E-state index is 13.1. The predicted molar refractivity (Wildman–Crippen MR) is 132 cm³/mol. The molecule has 5 nitrogen and oxygen atoms in total. The number of esters is 2. The Bertz CT molecular complexity index is 1010. The summed E-state index contributed by atoms with van der Waals surface area (Å²) < 4.78 is 11.0. The number of allylic oxidation sites excluding steroid dienone is 1. The maximum absolute atomic E-state index is 13.1. The number of rotatable bonds is 4. The molecule has 3 aliphatic carbocycles. The number of hydrogen-bond donors (Lipinski definition) is 0. The van der Waals surface area contributed by atoms with Crippen molar-refractivity contribution in [3.8, 4) is 0 Å². The Balaban J connectivity index is 1.29. The molecule has 0 amide bonds. The van der Waals surface area contributed by atoms with Gasteiger partial charge in [-0.05, 0) is 82.4 Å². The molecule has 184 valence electrons. The lowest BCUT2D eigenvalue weighted by molar-refractivity contribution is -0.159. The van der Waals surface area contributed by atoms with Gasteiger partial charge >= 0.3 is 11.9 Å². The van der Waals surface area contributed by atoms with E-state index in [1.165, 1.54) is 18.2 Å². The summed E-state index contributed by atoms with van der Waals surface area (Å²) in [6.45, 7) is 10.1. The van der Waals surface area contributed by atoms with E-state index in [0.29, 0.717) is 12.0 Å².